The molecule has 1 aromatic heterocycles. The zero-order valence-corrected chi connectivity index (χ0v) is 19.9. The minimum Gasteiger partial charge on any atom is -0.444 e. The summed E-state index contributed by atoms with van der Waals surface area (Å²) in [6.45, 7) is 12.6. The minimum absolute atomic E-state index is 0.0349. The summed E-state index contributed by atoms with van der Waals surface area (Å²) in [5.74, 6) is 0.682. The Kier molecular flexibility index (Phi) is 6.91. The summed E-state index contributed by atoms with van der Waals surface area (Å²) in [5, 5.41) is 0.588. The third-order valence-electron chi connectivity index (χ3n) is 5.76. The number of carbonyl (C=O) groups is 2. The van der Waals surface area contributed by atoms with Crippen LogP contribution in [-0.4, -0.2) is 62.1 Å². The quantitative estimate of drug-likeness (QED) is 0.725. The number of carbonyl (C=O) groups excluding carboxylic acids is 2. The van der Waals surface area contributed by atoms with Gasteiger partial charge in [0.25, 0.3) is 5.56 Å². The molecular formula is C24H34N4O4. The van der Waals surface area contributed by atoms with Crippen LogP contribution in [0.15, 0.2) is 29.1 Å². The van der Waals surface area contributed by atoms with Crippen molar-refractivity contribution in [2.75, 3.05) is 13.1 Å². The van der Waals surface area contributed by atoms with Crippen molar-refractivity contribution in [1.82, 2.24) is 19.4 Å². The molecule has 0 unspecified atom stereocenters. The van der Waals surface area contributed by atoms with Gasteiger partial charge in [0.1, 0.15) is 11.4 Å². The average molecular weight is 443 g/mol. The van der Waals surface area contributed by atoms with Gasteiger partial charge in [-0.3, -0.25) is 14.2 Å². The smallest absolute Gasteiger partial charge is 0.410 e. The summed E-state index contributed by atoms with van der Waals surface area (Å²) < 4.78 is 7.14. The molecule has 2 heterocycles. The average Bonchev–Trinajstić information content (AvgIpc) is 2.70. The van der Waals surface area contributed by atoms with Gasteiger partial charge in [-0.1, -0.05) is 12.1 Å². The molecule has 0 N–H and O–H groups in total. The number of hydrogen-bond donors (Lipinski definition) is 0. The first-order chi connectivity index (χ1) is 15.0. The number of nitrogens with zero attached hydrogens (tertiary/aromatic N) is 4. The molecule has 1 saturated heterocycles. The lowest BCUT2D eigenvalue weighted by atomic mass is 10.1. The number of fused-ring (bicyclic) bond motifs is 1. The molecule has 2 atom stereocenters. The van der Waals surface area contributed by atoms with Gasteiger partial charge < -0.3 is 14.5 Å². The van der Waals surface area contributed by atoms with Crippen molar-refractivity contribution in [3.8, 4) is 0 Å². The molecule has 2 aromatic rings. The van der Waals surface area contributed by atoms with E-state index in [9.17, 15) is 14.4 Å². The molecule has 2 amide bonds. The number of aryl methyl sites for hydroxylation is 1. The number of ether oxygens (including phenoxy) is 1. The lowest BCUT2D eigenvalue weighted by Crippen LogP contribution is -2.60. The number of aromatic nitrogens is 2. The number of amides is 2. The first-order valence-corrected chi connectivity index (χ1v) is 11.2. The van der Waals surface area contributed by atoms with Gasteiger partial charge in [-0.15, -0.1) is 0 Å². The highest BCUT2D eigenvalue weighted by Crippen LogP contribution is 2.20. The Labute approximate surface area is 189 Å². The summed E-state index contributed by atoms with van der Waals surface area (Å²) in [6.07, 6.45) is 0.539. The topological polar surface area (TPSA) is 84.7 Å². The fraction of sp³-hybridized carbons (Fsp3) is 0.583. The Balaban J connectivity index is 1.60. The number of rotatable bonds is 4. The second-order valence-electron chi connectivity index (χ2n) is 9.61. The Bertz CT molecular complexity index is 1060. The van der Waals surface area contributed by atoms with Crippen LogP contribution in [0.5, 0.6) is 0 Å². The monoisotopic (exact) mass is 442 g/mol. The van der Waals surface area contributed by atoms with Crippen LogP contribution >= 0.6 is 0 Å². The molecule has 1 fully saturated rings. The van der Waals surface area contributed by atoms with Crippen LogP contribution in [0.3, 0.4) is 0 Å². The molecule has 0 bridgehead atoms. The summed E-state index contributed by atoms with van der Waals surface area (Å²) in [5.41, 5.74) is 0.0578. The Hall–Kier alpha value is -2.90. The van der Waals surface area contributed by atoms with Crippen LogP contribution in [0.1, 0.15) is 53.3 Å². The molecular weight excluding hydrogens is 408 g/mol. The Morgan fingerprint density at radius 3 is 2.41 bits per heavy atom. The molecule has 0 saturated carbocycles. The van der Waals surface area contributed by atoms with Gasteiger partial charge in [-0.25, -0.2) is 9.78 Å². The van der Waals surface area contributed by atoms with Crippen molar-refractivity contribution < 1.29 is 14.3 Å². The lowest BCUT2D eigenvalue weighted by Gasteiger charge is -2.44. The maximum Gasteiger partial charge on any atom is 0.410 e. The highest BCUT2D eigenvalue weighted by atomic mass is 16.6. The van der Waals surface area contributed by atoms with E-state index in [0.29, 0.717) is 49.2 Å². The number of para-hydroxylation sites is 1. The van der Waals surface area contributed by atoms with Crippen LogP contribution in [0.2, 0.25) is 0 Å². The van der Waals surface area contributed by atoms with Gasteiger partial charge in [0, 0.05) is 38.1 Å². The van der Waals surface area contributed by atoms with Crippen molar-refractivity contribution in [2.24, 2.45) is 0 Å². The first-order valence-electron chi connectivity index (χ1n) is 11.2. The largest absolute Gasteiger partial charge is 0.444 e. The van der Waals surface area contributed by atoms with Crippen molar-refractivity contribution in [3.63, 3.8) is 0 Å². The van der Waals surface area contributed by atoms with Crippen LogP contribution in [0.25, 0.3) is 10.9 Å². The maximum absolute atomic E-state index is 12.9. The molecule has 0 radical (unpaired) electrons. The van der Waals surface area contributed by atoms with Gasteiger partial charge in [0.05, 0.1) is 10.9 Å². The zero-order chi connectivity index (χ0) is 23.6. The third kappa shape index (κ3) is 5.29. The Morgan fingerprint density at radius 1 is 1.09 bits per heavy atom. The van der Waals surface area contributed by atoms with E-state index in [-0.39, 0.29) is 29.6 Å². The van der Waals surface area contributed by atoms with Crippen LogP contribution < -0.4 is 5.56 Å². The van der Waals surface area contributed by atoms with E-state index in [0.717, 1.165) is 0 Å². The van der Waals surface area contributed by atoms with E-state index in [4.69, 9.17) is 4.74 Å². The van der Waals surface area contributed by atoms with Gasteiger partial charge >= 0.3 is 6.09 Å². The molecule has 8 heteroatoms. The first kappa shape index (κ1) is 23.8. The molecule has 8 nitrogen and oxygen atoms in total. The molecule has 3 rings (SSSR count). The molecule has 0 aliphatic carbocycles. The van der Waals surface area contributed by atoms with Crippen molar-refractivity contribution in [2.45, 2.75) is 78.6 Å². The van der Waals surface area contributed by atoms with Gasteiger partial charge in [0.2, 0.25) is 5.91 Å². The predicted octanol–water partition coefficient (Wildman–Crippen LogP) is 3.34. The van der Waals surface area contributed by atoms with E-state index in [1.165, 1.54) is 0 Å². The molecule has 1 aromatic carbocycles. The van der Waals surface area contributed by atoms with Gasteiger partial charge in [-0.05, 0) is 60.1 Å². The fourth-order valence-corrected chi connectivity index (χ4v) is 4.12. The second kappa shape index (κ2) is 9.30. The summed E-state index contributed by atoms with van der Waals surface area (Å²) in [4.78, 5) is 46.3. The highest BCUT2D eigenvalue weighted by molar-refractivity contribution is 5.78. The maximum atomic E-state index is 12.9. The fourth-order valence-electron chi connectivity index (χ4n) is 4.12. The molecule has 1 aliphatic rings. The number of hydrogen-bond acceptors (Lipinski definition) is 5. The van der Waals surface area contributed by atoms with Crippen molar-refractivity contribution in [1.29, 1.82) is 0 Å². The van der Waals surface area contributed by atoms with E-state index in [1.54, 1.807) is 15.5 Å². The molecule has 0 spiro atoms. The van der Waals surface area contributed by atoms with Crippen LogP contribution in [0, 0.1) is 6.92 Å². The summed E-state index contributed by atoms with van der Waals surface area (Å²) in [6, 6.07) is 7.07. The molecule has 32 heavy (non-hydrogen) atoms. The normalized spacial score (nSPS) is 19.3. The highest BCUT2D eigenvalue weighted by Gasteiger charge is 2.36. The van der Waals surface area contributed by atoms with Crippen molar-refractivity contribution >= 4 is 22.9 Å². The van der Waals surface area contributed by atoms with Crippen molar-refractivity contribution in [3.05, 3.63) is 40.4 Å². The minimum atomic E-state index is -0.555. The zero-order valence-electron chi connectivity index (χ0n) is 19.9. The lowest BCUT2D eigenvalue weighted by molar-refractivity contribution is -0.137. The standard InChI is InChI=1S/C24H34N4O4/c1-16-15-28(23(31)32-24(4,5)6)17(2)14-27(16)21(29)12-9-13-26-18(3)25-20-11-8-7-10-19(20)22(26)30/h7-8,10-11,16-17H,9,12-15H2,1-6H3/t16-,17+/m1/s1. The SMILES string of the molecule is Cc1nc2ccccc2c(=O)n1CCCC(=O)N1C[C@H](C)N(C(=O)OC(C)(C)C)C[C@H]1C. The summed E-state index contributed by atoms with van der Waals surface area (Å²) >= 11 is 0. The Morgan fingerprint density at radius 2 is 1.72 bits per heavy atom. The predicted molar refractivity (Wildman–Crippen MR) is 124 cm³/mol. The van der Waals surface area contributed by atoms with E-state index >= 15 is 0 Å². The van der Waals surface area contributed by atoms with Gasteiger partial charge in [0.15, 0.2) is 0 Å². The van der Waals surface area contributed by atoms with E-state index in [2.05, 4.69) is 4.98 Å². The number of piperazine rings is 1. The third-order valence-corrected chi connectivity index (χ3v) is 5.76. The van der Waals surface area contributed by atoms with E-state index in [1.807, 2.05) is 64.6 Å². The summed E-state index contributed by atoms with van der Waals surface area (Å²) in [7, 11) is 0. The van der Waals surface area contributed by atoms with Gasteiger partial charge in [-0.2, -0.15) is 0 Å². The molecule has 174 valence electrons. The van der Waals surface area contributed by atoms with Crippen LogP contribution in [0.4, 0.5) is 4.79 Å². The van der Waals surface area contributed by atoms with E-state index < -0.39 is 5.60 Å². The number of benzene rings is 1. The second-order valence-corrected chi connectivity index (χ2v) is 9.61. The molecule has 1 aliphatic heterocycles. The van der Waals surface area contributed by atoms with Crippen LogP contribution in [-0.2, 0) is 16.1 Å².